The molecule has 0 bridgehead atoms. The summed E-state index contributed by atoms with van der Waals surface area (Å²) in [7, 11) is 0. The quantitative estimate of drug-likeness (QED) is 0.643. The largest absolute Gasteiger partial charge is 0.314 e. The molecule has 1 N–H and O–H groups in total. The van der Waals surface area contributed by atoms with Gasteiger partial charge in [-0.2, -0.15) is 0 Å². The average molecular weight is 155 g/mol. The molecule has 1 atom stereocenters. The maximum absolute atomic E-state index is 3.53. The Morgan fingerprint density at radius 3 is 2.64 bits per heavy atom. The van der Waals surface area contributed by atoms with Crippen LogP contribution in [-0.2, 0) is 0 Å². The smallest absolute Gasteiger partial charge is 0.00413 e. The SMILES string of the molecule is CCCNC(C)CC1CCC1. The minimum absolute atomic E-state index is 0.750. The molecule has 1 aliphatic rings. The van der Waals surface area contributed by atoms with Gasteiger partial charge in [-0.25, -0.2) is 0 Å². The summed E-state index contributed by atoms with van der Waals surface area (Å²) in [6.07, 6.45) is 7.11. The molecule has 0 saturated heterocycles. The van der Waals surface area contributed by atoms with Gasteiger partial charge >= 0.3 is 0 Å². The highest BCUT2D eigenvalue weighted by Crippen LogP contribution is 2.30. The van der Waals surface area contributed by atoms with Gasteiger partial charge in [-0.3, -0.25) is 0 Å². The molecule has 0 radical (unpaired) electrons. The normalized spacial score (nSPS) is 21.3. The van der Waals surface area contributed by atoms with E-state index in [0.717, 1.165) is 12.0 Å². The van der Waals surface area contributed by atoms with Crippen molar-refractivity contribution >= 4 is 0 Å². The Balaban J connectivity index is 1.95. The van der Waals surface area contributed by atoms with Crippen LogP contribution in [0.25, 0.3) is 0 Å². The van der Waals surface area contributed by atoms with E-state index in [2.05, 4.69) is 19.2 Å². The molecule has 1 nitrogen and oxygen atoms in total. The van der Waals surface area contributed by atoms with Crippen molar-refractivity contribution in [3.05, 3.63) is 0 Å². The van der Waals surface area contributed by atoms with Crippen molar-refractivity contribution in [3.8, 4) is 0 Å². The van der Waals surface area contributed by atoms with Crippen LogP contribution in [0.5, 0.6) is 0 Å². The van der Waals surface area contributed by atoms with Crippen LogP contribution >= 0.6 is 0 Å². The highest BCUT2D eigenvalue weighted by Gasteiger charge is 2.19. The van der Waals surface area contributed by atoms with Gasteiger partial charge in [0.1, 0.15) is 0 Å². The van der Waals surface area contributed by atoms with Gasteiger partial charge in [-0.1, -0.05) is 26.2 Å². The third-order valence-corrected chi connectivity index (χ3v) is 2.65. The second-order valence-corrected chi connectivity index (χ2v) is 3.89. The molecule has 0 aromatic heterocycles. The highest BCUT2D eigenvalue weighted by molar-refractivity contribution is 4.74. The number of hydrogen-bond donors (Lipinski definition) is 1. The molecule has 0 amide bonds. The van der Waals surface area contributed by atoms with E-state index in [9.17, 15) is 0 Å². The number of rotatable bonds is 5. The lowest BCUT2D eigenvalue weighted by atomic mass is 9.81. The van der Waals surface area contributed by atoms with Crippen molar-refractivity contribution in [1.82, 2.24) is 5.32 Å². The Kier molecular flexibility index (Phi) is 3.92. The third-order valence-electron chi connectivity index (χ3n) is 2.65. The second kappa shape index (κ2) is 4.76. The fourth-order valence-electron chi connectivity index (χ4n) is 1.70. The predicted octanol–water partition coefficient (Wildman–Crippen LogP) is 2.56. The van der Waals surface area contributed by atoms with E-state index in [1.807, 2.05) is 0 Å². The minimum atomic E-state index is 0.750. The zero-order valence-corrected chi connectivity index (χ0v) is 7.90. The van der Waals surface area contributed by atoms with Crippen LogP contribution in [0, 0.1) is 5.92 Å². The first-order valence-electron chi connectivity index (χ1n) is 5.06. The Hall–Kier alpha value is -0.0400. The highest BCUT2D eigenvalue weighted by atomic mass is 14.9. The maximum Gasteiger partial charge on any atom is 0.00413 e. The van der Waals surface area contributed by atoms with E-state index in [1.54, 1.807) is 0 Å². The fourth-order valence-corrected chi connectivity index (χ4v) is 1.70. The van der Waals surface area contributed by atoms with Crippen molar-refractivity contribution < 1.29 is 0 Å². The van der Waals surface area contributed by atoms with Gasteiger partial charge in [0.15, 0.2) is 0 Å². The Morgan fingerprint density at radius 1 is 1.45 bits per heavy atom. The summed E-state index contributed by atoms with van der Waals surface area (Å²) in [4.78, 5) is 0. The van der Waals surface area contributed by atoms with Crippen LogP contribution in [0.3, 0.4) is 0 Å². The molecule has 1 fully saturated rings. The van der Waals surface area contributed by atoms with E-state index >= 15 is 0 Å². The summed E-state index contributed by atoms with van der Waals surface area (Å²) in [5.74, 6) is 1.05. The number of hydrogen-bond acceptors (Lipinski definition) is 1. The van der Waals surface area contributed by atoms with Crippen molar-refractivity contribution in [2.24, 2.45) is 5.92 Å². The molecule has 0 aromatic rings. The van der Waals surface area contributed by atoms with Crippen LogP contribution in [-0.4, -0.2) is 12.6 Å². The van der Waals surface area contributed by atoms with Crippen molar-refractivity contribution in [2.75, 3.05) is 6.54 Å². The van der Waals surface area contributed by atoms with Gasteiger partial charge in [0.2, 0.25) is 0 Å². The van der Waals surface area contributed by atoms with E-state index in [1.165, 1.54) is 38.6 Å². The maximum atomic E-state index is 3.53. The Labute approximate surface area is 70.6 Å². The van der Waals surface area contributed by atoms with Gasteiger partial charge in [0.25, 0.3) is 0 Å². The van der Waals surface area contributed by atoms with Crippen LogP contribution in [0.2, 0.25) is 0 Å². The molecule has 0 spiro atoms. The second-order valence-electron chi connectivity index (χ2n) is 3.89. The van der Waals surface area contributed by atoms with Crippen LogP contribution in [0.1, 0.15) is 46.0 Å². The fraction of sp³-hybridized carbons (Fsp3) is 1.00. The molecule has 1 rings (SSSR count). The van der Waals surface area contributed by atoms with Gasteiger partial charge in [-0.15, -0.1) is 0 Å². The first kappa shape index (κ1) is 9.05. The Morgan fingerprint density at radius 2 is 2.18 bits per heavy atom. The summed E-state index contributed by atoms with van der Waals surface area (Å²) in [5.41, 5.74) is 0. The molecule has 66 valence electrons. The standard InChI is InChI=1S/C10H21N/c1-3-7-11-9(2)8-10-5-4-6-10/h9-11H,3-8H2,1-2H3. The van der Waals surface area contributed by atoms with E-state index in [0.29, 0.717) is 0 Å². The van der Waals surface area contributed by atoms with E-state index in [4.69, 9.17) is 0 Å². The van der Waals surface area contributed by atoms with Crippen molar-refractivity contribution in [3.63, 3.8) is 0 Å². The van der Waals surface area contributed by atoms with Crippen LogP contribution < -0.4 is 5.32 Å². The van der Waals surface area contributed by atoms with Gasteiger partial charge in [0, 0.05) is 6.04 Å². The summed E-state index contributed by atoms with van der Waals surface area (Å²) in [5, 5.41) is 3.53. The molecule has 1 heteroatoms. The summed E-state index contributed by atoms with van der Waals surface area (Å²) in [6, 6.07) is 0.750. The van der Waals surface area contributed by atoms with Gasteiger partial charge in [-0.05, 0) is 32.2 Å². The molecule has 1 unspecified atom stereocenters. The lowest BCUT2D eigenvalue weighted by Gasteiger charge is -2.28. The zero-order chi connectivity index (χ0) is 8.10. The van der Waals surface area contributed by atoms with Crippen LogP contribution in [0.4, 0.5) is 0 Å². The molecular formula is C10H21N. The first-order valence-corrected chi connectivity index (χ1v) is 5.06. The Bertz CT molecular complexity index is 97.0. The molecule has 1 aliphatic carbocycles. The topological polar surface area (TPSA) is 12.0 Å². The van der Waals surface area contributed by atoms with Crippen molar-refractivity contribution in [1.29, 1.82) is 0 Å². The summed E-state index contributed by atoms with van der Waals surface area (Å²) in [6.45, 7) is 5.73. The molecule has 1 saturated carbocycles. The number of nitrogens with one attached hydrogen (secondary N) is 1. The van der Waals surface area contributed by atoms with Gasteiger partial charge in [0.05, 0.1) is 0 Å². The van der Waals surface area contributed by atoms with Crippen LogP contribution in [0.15, 0.2) is 0 Å². The van der Waals surface area contributed by atoms with E-state index < -0.39 is 0 Å². The average Bonchev–Trinajstić information content (AvgIpc) is 1.93. The third kappa shape index (κ3) is 3.24. The lowest BCUT2D eigenvalue weighted by Crippen LogP contribution is -2.30. The molecule has 11 heavy (non-hydrogen) atoms. The first-order chi connectivity index (χ1) is 5.33. The molecular weight excluding hydrogens is 134 g/mol. The van der Waals surface area contributed by atoms with Gasteiger partial charge < -0.3 is 5.32 Å². The monoisotopic (exact) mass is 155 g/mol. The molecule has 0 aromatic carbocycles. The lowest BCUT2D eigenvalue weighted by molar-refractivity contribution is 0.266. The van der Waals surface area contributed by atoms with E-state index in [-0.39, 0.29) is 0 Å². The zero-order valence-electron chi connectivity index (χ0n) is 7.90. The molecule has 0 aliphatic heterocycles. The van der Waals surface area contributed by atoms with Crippen molar-refractivity contribution in [2.45, 2.75) is 52.0 Å². The minimum Gasteiger partial charge on any atom is -0.314 e. The summed E-state index contributed by atoms with van der Waals surface area (Å²) >= 11 is 0. The summed E-state index contributed by atoms with van der Waals surface area (Å²) < 4.78 is 0. The molecule has 0 heterocycles. The predicted molar refractivity (Wildman–Crippen MR) is 49.7 cm³/mol.